The van der Waals surface area contributed by atoms with Gasteiger partial charge in [-0.15, -0.1) is 0 Å². The van der Waals surface area contributed by atoms with Gasteiger partial charge in [0.2, 0.25) is 0 Å². The lowest BCUT2D eigenvalue weighted by atomic mass is 9.78. The normalized spacial score (nSPS) is 20.1. The third-order valence-corrected chi connectivity index (χ3v) is 5.08. The summed E-state index contributed by atoms with van der Waals surface area (Å²) in [6.07, 6.45) is 1.07. The summed E-state index contributed by atoms with van der Waals surface area (Å²) in [6.45, 7) is 7.29. The van der Waals surface area contributed by atoms with Crippen molar-refractivity contribution < 1.29 is 14.6 Å². The standard InChI is InChI=1S/C20H23NO3/c1-11-9-20(2,3)21-14-6-5-12-13(17(11)14)10-24-16-8-7-15(22)19(23-4)18(12)16/h5-8,11,21-22H,9-10H2,1-4H3. The minimum absolute atomic E-state index is 0.0873. The van der Waals surface area contributed by atoms with Crippen LogP contribution in [0.15, 0.2) is 24.3 Å². The Morgan fingerprint density at radius 2 is 2.04 bits per heavy atom. The molecule has 2 aliphatic rings. The number of fused-ring (bicyclic) bond motifs is 5. The topological polar surface area (TPSA) is 50.7 Å². The molecule has 2 aliphatic heterocycles. The van der Waals surface area contributed by atoms with Crippen LogP contribution in [0.3, 0.4) is 0 Å². The monoisotopic (exact) mass is 325 g/mol. The molecule has 0 amide bonds. The van der Waals surface area contributed by atoms with Gasteiger partial charge < -0.3 is 19.9 Å². The Balaban J connectivity index is 1.96. The number of methoxy groups -OCH3 is 1. The average molecular weight is 325 g/mol. The van der Waals surface area contributed by atoms with Crippen LogP contribution in [0, 0.1) is 0 Å². The molecular formula is C20H23NO3. The highest BCUT2D eigenvalue weighted by Crippen LogP contribution is 2.51. The number of ether oxygens (including phenoxy) is 2. The fraction of sp³-hybridized carbons (Fsp3) is 0.400. The zero-order valence-electron chi connectivity index (χ0n) is 14.6. The van der Waals surface area contributed by atoms with Gasteiger partial charge in [-0.1, -0.05) is 13.0 Å². The Hall–Kier alpha value is -2.36. The van der Waals surface area contributed by atoms with Gasteiger partial charge in [0.05, 0.1) is 12.7 Å². The molecule has 0 saturated carbocycles. The van der Waals surface area contributed by atoms with Gasteiger partial charge in [0.15, 0.2) is 11.5 Å². The molecule has 0 radical (unpaired) electrons. The summed E-state index contributed by atoms with van der Waals surface area (Å²) in [6, 6.07) is 7.68. The molecule has 0 fully saturated rings. The van der Waals surface area contributed by atoms with Crippen LogP contribution < -0.4 is 14.8 Å². The first-order valence-corrected chi connectivity index (χ1v) is 8.38. The lowest BCUT2D eigenvalue weighted by molar-refractivity contribution is 0.294. The predicted octanol–water partition coefficient (Wildman–Crippen LogP) is 4.66. The highest BCUT2D eigenvalue weighted by atomic mass is 16.5. The van der Waals surface area contributed by atoms with Crippen molar-refractivity contribution in [3.8, 4) is 28.4 Å². The number of phenols is 1. The SMILES string of the molecule is COc1c(O)ccc2c1-c1ccc3c(c1CO2)C(C)CC(C)(C)N3. The van der Waals surface area contributed by atoms with Crippen LogP contribution in [0.4, 0.5) is 5.69 Å². The van der Waals surface area contributed by atoms with E-state index in [-0.39, 0.29) is 11.3 Å². The smallest absolute Gasteiger partial charge is 0.172 e. The lowest BCUT2D eigenvalue weighted by Crippen LogP contribution is -2.37. The second-order valence-electron chi connectivity index (χ2n) is 7.45. The van der Waals surface area contributed by atoms with Gasteiger partial charge in [-0.05, 0) is 55.5 Å². The summed E-state index contributed by atoms with van der Waals surface area (Å²) in [5.74, 6) is 1.82. The Bertz CT molecular complexity index is 826. The van der Waals surface area contributed by atoms with Crippen LogP contribution in [0.5, 0.6) is 17.2 Å². The van der Waals surface area contributed by atoms with Crippen molar-refractivity contribution in [1.29, 1.82) is 0 Å². The molecule has 2 aromatic carbocycles. The number of aromatic hydroxyl groups is 1. The van der Waals surface area contributed by atoms with Crippen molar-refractivity contribution in [3.63, 3.8) is 0 Å². The molecule has 2 aromatic rings. The largest absolute Gasteiger partial charge is 0.504 e. The molecule has 1 atom stereocenters. The fourth-order valence-electron chi connectivity index (χ4n) is 4.29. The highest BCUT2D eigenvalue weighted by molar-refractivity contribution is 5.85. The minimum Gasteiger partial charge on any atom is -0.504 e. The van der Waals surface area contributed by atoms with Crippen LogP contribution in [-0.2, 0) is 6.61 Å². The van der Waals surface area contributed by atoms with Crippen molar-refractivity contribution in [2.75, 3.05) is 12.4 Å². The maximum absolute atomic E-state index is 10.2. The van der Waals surface area contributed by atoms with Crippen LogP contribution in [0.2, 0.25) is 0 Å². The molecule has 126 valence electrons. The maximum atomic E-state index is 10.2. The van der Waals surface area contributed by atoms with Gasteiger partial charge in [-0.25, -0.2) is 0 Å². The van der Waals surface area contributed by atoms with Crippen molar-refractivity contribution in [1.82, 2.24) is 0 Å². The highest BCUT2D eigenvalue weighted by Gasteiger charge is 2.34. The molecule has 0 spiro atoms. The third-order valence-electron chi connectivity index (χ3n) is 5.08. The zero-order chi connectivity index (χ0) is 17.1. The summed E-state index contributed by atoms with van der Waals surface area (Å²) in [5.41, 5.74) is 5.73. The molecule has 24 heavy (non-hydrogen) atoms. The Kier molecular flexibility index (Phi) is 3.21. The van der Waals surface area contributed by atoms with E-state index in [1.807, 2.05) is 0 Å². The minimum atomic E-state index is 0.0873. The van der Waals surface area contributed by atoms with Gasteiger partial charge in [0.1, 0.15) is 12.4 Å². The number of nitrogens with one attached hydrogen (secondary N) is 1. The van der Waals surface area contributed by atoms with Gasteiger partial charge in [0, 0.05) is 16.8 Å². The number of anilines is 1. The summed E-state index contributed by atoms with van der Waals surface area (Å²) in [7, 11) is 1.58. The van der Waals surface area contributed by atoms with Gasteiger partial charge in [-0.2, -0.15) is 0 Å². The Morgan fingerprint density at radius 3 is 2.79 bits per heavy atom. The van der Waals surface area contributed by atoms with Crippen LogP contribution in [0.25, 0.3) is 11.1 Å². The van der Waals surface area contributed by atoms with Crippen LogP contribution in [-0.4, -0.2) is 17.8 Å². The molecule has 4 heteroatoms. The second kappa shape index (κ2) is 5.07. The van der Waals surface area contributed by atoms with Crippen molar-refractivity contribution >= 4 is 5.69 Å². The zero-order valence-corrected chi connectivity index (χ0v) is 14.6. The van der Waals surface area contributed by atoms with E-state index in [1.165, 1.54) is 16.8 Å². The maximum Gasteiger partial charge on any atom is 0.172 e. The van der Waals surface area contributed by atoms with Crippen molar-refractivity contribution in [2.24, 2.45) is 0 Å². The van der Waals surface area contributed by atoms with Crippen molar-refractivity contribution in [3.05, 3.63) is 35.4 Å². The van der Waals surface area contributed by atoms with E-state index in [0.717, 1.165) is 23.3 Å². The molecule has 0 aromatic heterocycles. The molecular weight excluding hydrogens is 302 g/mol. The molecule has 2 N–H and O–H groups in total. The Labute approximate surface area is 142 Å². The van der Waals surface area contributed by atoms with E-state index in [1.54, 1.807) is 19.2 Å². The van der Waals surface area contributed by atoms with Crippen LogP contribution >= 0.6 is 0 Å². The molecule has 4 nitrogen and oxygen atoms in total. The first-order chi connectivity index (χ1) is 11.4. The van der Waals surface area contributed by atoms with Gasteiger partial charge in [0.25, 0.3) is 0 Å². The molecule has 4 rings (SSSR count). The Morgan fingerprint density at radius 1 is 1.25 bits per heavy atom. The summed E-state index contributed by atoms with van der Waals surface area (Å²) in [4.78, 5) is 0. The van der Waals surface area contributed by atoms with E-state index in [9.17, 15) is 5.11 Å². The number of phenolic OH excluding ortho intramolecular Hbond substituents is 1. The summed E-state index contributed by atoms with van der Waals surface area (Å²) >= 11 is 0. The predicted molar refractivity (Wildman–Crippen MR) is 95.2 cm³/mol. The number of rotatable bonds is 1. The summed E-state index contributed by atoms with van der Waals surface area (Å²) < 4.78 is 11.5. The van der Waals surface area contributed by atoms with Gasteiger partial charge in [-0.3, -0.25) is 0 Å². The quantitative estimate of drug-likeness (QED) is 0.801. The summed E-state index contributed by atoms with van der Waals surface area (Å²) in [5, 5.41) is 13.8. The number of hydrogen-bond donors (Lipinski definition) is 2. The van der Waals surface area contributed by atoms with Gasteiger partial charge >= 0.3 is 0 Å². The van der Waals surface area contributed by atoms with E-state index in [2.05, 4.69) is 38.2 Å². The first kappa shape index (κ1) is 15.2. The first-order valence-electron chi connectivity index (χ1n) is 8.38. The van der Waals surface area contributed by atoms with E-state index in [0.29, 0.717) is 18.3 Å². The molecule has 0 bridgehead atoms. The molecule has 1 unspecified atom stereocenters. The molecule has 0 aliphatic carbocycles. The van der Waals surface area contributed by atoms with E-state index < -0.39 is 0 Å². The second-order valence-corrected chi connectivity index (χ2v) is 7.45. The lowest BCUT2D eigenvalue weighted by Gasteiger charge is -2.40. The van der Waals surface area contributed by atoms with E-state index >= 15 is 0 Å². The van der Waals surface area contributed by atoms with Crippen molar-refractivity contribution in [2.45, 2.75) is 45.3 Å². The third kappa shape index (κ3) is 2.13. The van der Waals surface area contributed by atoms with Crippen LogP contribution in [0.1, 0.15) is 44.2 Å². The average Bonchev–Trinajstić information content (AvgIpc) is 2.52. The molecule has 2 heterocycles. The van der Waals surface area contributed by atoms with E-state index in [4.69, 9.17) is 9.47 Å². The number of hydrogen-bond acceptors (Lipinski definition) is 4. The number of benzene rings is 2. The fourth-order valence-corrected chi connectivity index (χ4v) is 4.29. The molecule has 0 saturated heterocycles.